The first-order chi connectivity index (χ1) is 14.1. The fourth-order valence-electron chi connectivity index (χ4n) is 4.43. The van der Waals surface area contributed by atoms with Crippen molar-refractivity contribution in [3.63, 3.8) is 0 Å². The van der Waals surface area contributed by atoms with Crippen molar-refractivity contribution in [1.82, 2.24) is 5.32 Å². The second-order valence-corrected chi connectivity index (χ2v) is 9.30. The number of carbonyl (C=O) groups excluding carboxylic acids is 2. The van der Waals surface area contributed by atoms with Crippen LogP contribution in [-0.2, 0) is 14.3 Å². The standard InChI is InChI=1S/C24H43NO4/c1-2-29-22(28)24(17-18-24)14-12-10-8-6-4-3-5-7-9-11-13-23(15-16-23)21(27)25-19-20-26/h26H,2-20H2,1H3,(H,25,27). The number of aliphatic hydroxyl groups excluding tert-OH is 1. The Bertz CT molecular complexity index is 497. The van der Waals surface area contributed by atoms with Gasteiger partial charge in [-0.3, -0.25) is 9.59 Å². The third kappa shape index (κ3) is 8.27. The zero-order valence-electron chi connectivity index (χ0n) is 18.6. The third-order valence-electron chi connectivity index (χ3n) is 6.86. The van der Waals surface area contributed by atoms with E-state index in [1.165, 1.54) is 51.4 Å². The maximum absolute atomic E-state index is 12.1. The van der Waals surface area contributed by atoms with Crippen LogP contribution < -0.4 is 5.32 Å². The highest BCUT2D eigenvalue weighted by Crippen LogP contribution is 2.51. The Morgan fingerprint density at radius 1 is 0.793 bits per heavy atom. The van der Waals surface area contributed by atoms with Gasteiger partial charge in [-0.25, -0.2) is 0 Å². The molecule has 2 fully saturated rings. The van der Waals surface area contributed by atoms with Crippen LogP contribution in [0.2, 0.25) is 0 Å². The highest BCUT2D eigenvalue weighted by atomic mass is 16.5. The molecule has 5 nitrogen and oxygen atoms in total. The van der Waals surface area contributed by atoms with Gasteiger partial charge in [-0.1, -0.05) is 64.2 Å². The first kappa shape index (κ1) is 24.2. The number of unbranched alkanes of at least 4 members (excludes halogenated alkanes) is 9. The minimum atomic E-state index is -0.103. The number of amides is 1. The molecule has 1 amide bonds. The molecule has 0 unspecified atom stereocenters. The van der Waals surface area contributed by atoms with E-state index in [1.807, 2.05) is 6.92 Å². The van der Waals surface area contributed by atoms with Gasteiger partial charge in [-0.2, -0.15) is 0 Å². The predicted octanol–water partition coefficient (Wildman–Crippen LogP) is 4.90. The largest absolute Gasteiger partial charge is 0.466 e. The van der Waals surface area contributed by atoms with E-state index in [0.717, 1.165) is 51.4 Å². The van der Waals surface area contributed by atoms with E-state index in [9.17, 15) is 9.59 Å². The van der Waals surface area contributed by atoms with E-state index in [4.69, 9.17) is 9.84 Å². The van der Waals surface area contributed by atoms with Crippen LogP contribution in [-0.4, -0.2) is 36.7 Å². The number of rotatable bonds is 18. The number of hydrogen-bond acceptors (Lipinski definition) is 4. The molecule has 0 spiro atoms. The van der Waals surface area contributed by atoms with Crippen LogP contribution in [0, 0.1) is 10.8 Å². The Morgan fingerprint density at radius 3 is 1.66 bits per heavy atom. The molecule has 2 rings (SSSR count). The average molecular weight is 410 g/mol. The Morgan fingerprint density at radius 2 is 1.24 bits per heavy atom. The van der Waals surface area contributed by atoms with Crippen molar-refractivity contribution >= 4 is 11.9 Å². The summed E-state index contributed by atoms with van der Waals surface area (Å²) in [4.78, 5) is 24.0. The lowest BCUT2D eigenvalue weighted by atomic mass is 9.96. The van der Waals surface area contributed by atoms with Gasteiger partial charge < -0.3 is 15.2 Å². The summed E-state index contributed by atoms with van der Waals surface area (Å²) >= 11 is 0. The van der Waals surface area contributed by atoms with Crippen LogP contribution in [0.1, 0.15) is 110 Å². The van der Waals surface area contributed by atoms with Crippen molar-refractivity contribution in [3.8, 4) is 0 Å². The minimum Gasteiger partial charge on any atom is -0.466 e. The fraction of sp³-hybridized carbons (Fsp3) is 0.917. The summed E-state index contributed by atoms with van der Waals surface area (Å²) in [6.45, 7) is 2.79. The van der Waals surface area contributed by atoms with Gasteiger partial charge in [0.05, 0.1) is 18.6 Å². The third-order valence-corrected chi connectivity index (χ3v) is 6.86. The van der Waals surface area contributed by atoms with Crippen LogP contribution in [0.3, 0.4) is 0 Å². The second-order valence-electron chi connectivity index (χ2n) is 9.30. The molecular formula is C24H43NO4. The van der Waals surface area contributed by atoms with Crippen molar-refractivity contribution in [2.75, 3.05) is 19.8 Å². The van der Waals surface area contributed by atoms with Crippen LogP contribution in [0.25, 0.3) is 0 Å². The number of carbonyl (C=O) groups is 2. The van der Waals surface area contributed by atoms with E-state index in [0.29, 0.717) is 13.2 Å². The van der Waals surface area contributed by atoms with E-state index in [1.54, 1.807) is 0 Å². The van der Waals surface area contributed by atoms with Gasteiger partial charge in [-0.15, -0.1) is 0 Å². The summed E-state index contributed by atoms with van der Waals surface area (Å²) in [7, 11) is 0. The normalized spacial score (nSPS) is 18.3. The Kier molecular flexibility index (Phi) is 10.5. The second kappa shape index (κ2) is 12.6. The van der Waals surface area contributed by atoms with Gasteiger partial charge in [0, 0.05) is 12.0 Å². The van der Waals surface area contributed by atoms with Gasteiger partial charge in [0.2, 0.25) is 5.91 Å². The maximum atomic E-state index is 12.1. The van der Waals surface area contributed by atoms with Gasteiger partial charge in [0.15, 0.2) is 0 Å². The molecule has 0 aromatic carbocycles. The van der Waals surface area contributed by atoms with Crippen LogP contribution in [0.5, 0.6) is 0 Å². The molecule has 0 atom stereocenters. The van der Waals surface area contributed by atoms with Crippen molar-refractivity contribution in [2.24, 2.45) is 10.8 Å². The first-order valence-corrected chi connectivity index (χ1v) is 12.1. The lowest BCUT2D eigenvalue weighted by Gasteiger charge is -2.14. The lowest BCUT2D eigenvalue weighted by Crippen LogP contribution is -2.33. The summed E-state index contributed by atoms with van der Waals surface area (Å²) < 4.78 is 5.20. The molecule has 2 aliphatic carbocycles. The minimum absolute atomic E-state index is 0.0240. The molecule has 5 heteroatoms. The molecule has 29 heavy (non-hydrogen) atoms. The lowest BCUT2D eigenvalue weighted by molar-refractivity contribution is -0.150. The van der Waals surface area contributed by atoms with Crippen LogP contribution in [0.4, 0.5) is 0 Å². The van der Waals surface area contributed by atoms with Crippen molar-refractivity contribution < 1.29 is 19.4 Å². The first-order valence-electron chi connectivity index (χ1n) is 12.1. The predicted molar refractivity (Wildman–Crippen MR) is 115 cm³/mol. The summed E-state index contributed by atoms with van der Waals surface area (Å²) in [5.74, 6) is 0.194. The van der Waals surface area contributed by atoms with Crippen LogP contribution >= 0.6 is 0 Å². The van der Waals surface area contributed by atoms with E-state index < -0.39 is 0 Å². The van der Waals surface area contributed by atoms with E-state index >= 15 is 0 Å². The Balaban J connectivity index is 1.35. The van der Waals surface area contributed by atoms with E-state index in [-0.39, 0.29) is 29.3 Å². The average Bonchev–Trinajstić information content (AvgIpc) is 3.63. The molecule has 0 aromatic heterocycles. The molecule has 0 aromatic rings. The number of hydrogen-bond donors (Lipinski definition) is 2. The Hall–Kier alpha value is -1.10. The van der Waals surface area contributed by atoms with Crippen molar-refractivity contribution in [1.29, 1.82) is 0 Å². The number of nitrogens with one attached hydrogen (secondary N) is 1. The summed E-state index contributed by atoms with van der Waals surface area (Å²) in [6.07, 6.45) is 18.7. The van der Waals surface area contributed by atoms with Crippen LogP contribution in [0.15, 0.2) is 0 Å². The summed E-state index contributed by atoms with van der Waals surface area (Å²) in [6, 6.07) is 0. The zero-order valence-corrected chi connectivity index (χ0v) is 18.6. The molecule has 0 radical (unpaired) electrons. The zero-order chi connectivity index (χ0) is 21.0. The highest BCUT2D eigenvalue weighted by molar-refractivity contribution is 5.85. The molecule has 0 aliphatic heterocycles. The SMILES string of the molecule is CCOC(=O)C1(CCCCCCCCCCCCC2(C(=O)NCCO)CC2)CC1. The molecule has 0 saturated heterocycles. The topological polar surface area (TPSA) is 75.6 Å². The van der Waals surface area contributed by atoms with Crippen molar-refractivity contribution in [3.05, 3.63) is 0 Å². The number of esters is 1. The van der Waals surface area contributed by atoms with Gasteiger partial charge in [0.25, 0.3) is 0 Å². The van der Waals surface area contributed by atoms with Gasteiger partial charge in [-0.05, 0) is 45.4 Å². The fourth-order valence-corrected chi connectivity index (χ4v) is 4.43. The molecule has 2 saturated carbocycles. The number of ether oxygens (including phenoxy) is 1. The number of aliphatic hydroxyl groups is 1. The highest BCUT2D eigenvalue weighted by Gasteiger charge is 2.50. The van der Waals surface area contributed by atoms with Gasteiger partial charge in [0.1, 0.15) is 0 Å². The summed E-state index contributed by atoms with van der Waals surface area (Å²) in [5, 5.41) is 11.7. The molecule has 168 valence electrons. The molecule has 2 aliphatic rings. The quantitative estimate of drug-likeness (QED) is 0.249. The molecule has 0 bridgehead atoms. The summed E-state index contributed by atoms with van der Waals surface area (Å²) in [5.41, 5.74) is -0.198. The van der Waals surface area contributed by atoms with Crippen molar-refractivity contribution in [2.45, 2.75) is 110 Å². The molecule has 2 N–H and O–H groups in total. The van der Waals surface area contributed by atoms with Gasteiger partial charge >= 0.3 is 5.97 Å². The Labute approximate surface area is 177 Å². The maximum Gasteiger partial charge on any atom is 0.312 e. The monoisotopic (exact) mass is 409 g/mol. The molecular weight excluding hydrogens is 366 g/mol. The smallest absolute Gasteiger partial charge is 0.312 e. The van der Waals surface area contributed by atoms with E-state index in [2.05, 4.69) is 5.32 Å². The molecule has 0 heterocycles.